The third-order valence-electron chi connectivity index (χ3n) is 3.49. The van der Waals surface area contributed by atoms with E-state index >= 15 is 0 Å². The molecular formula is C15H22FNO. The van der Waals surface area contributed by atoms with E-state index in [0.29, 0.717) is 0 Å². The molecule has 0 atom stereocenters. The highest BCUT2D eigenvalue weighted by Crippen LogP contribution is 2.27. The van der Waals surface area contributed by atoms with Crippen molar-refractivity contribution in [3.63, 3.8) is 0 Å². The van der Waals surface area contributed by atoms with Gasteiger partial charge in [-0.2, -0.15) is 0 Å². The van der Waals surface area contributed by atoms with Gasteiger partial charge in [0.05, 0.1) is 0 Å². The van der Waals surface area contributed by atoms with Crippen LogP contribution in [0.5, 0.6) is 0 Å². The van der Waals surface area contributed by atoms with Gasteiger partial charge in [0.25, 0.3) is 0 Å². The smallest absolute Gasteiger partial charge is 0.123 e. The van der Waals surface area contributed by atoms with Crippen molar-refractivity contribution in [2.75, 3.05) is 19.7 Å². The lowest BCUT2D eigenvalue weighted by Gasteiger charge is -2.21. The number of nitrogens with zero attached hydrogens (tertiary/aromatic N) is 1. The highest BCUT2D eigenvalue weighted by molar-refractivity contribution is 5.16. The summed E-state index contributed by atoms with van der Waals surface area (Å²) in [6.07, 6.45) is 5.43. The Morgan fingerprint density at radius 1 is 1.22 bits per heavy atom. The summed E-state index contributed by atoms with van der Waals surface area (Å²) < 4.78 is 13.1. The molecule has 1 fully saturated rings. The van der Waals surface area contributed by atoms with Crippen LogP contribution in [0.1, 0.15) is 31.2 Å². The second-order valence-corrected chi connectivity index (χ2v) is 5.08. The highest BCUT2D eigenvalue weighted by Gasteiger charge is 2.27. The summed E-state index contributed by atoms with van der Waals surface area (Å²) in [5, 5.41) is 8.81. The predicted octanol–water partition coefficient (Wildman–Crippen LogP) is 2.61. The maximum atomic E-state index is 13.1. The van der Waals surface area contributed by atoms with E-state index in [4.69, 9.17) is 5.11 Å². The summed E-state index contributed by atoms with van der Waals surface area (Å²) in [5.41, 5.74) is 1.07. The average Bonchev–Trinajstić information content (AvgIpc) is 3.18. The van der Waals surface area contributed by atoms with Crippen LogP contribution >= 0.6 is 0 Å². The summed E-state index contributed by atoms with van der Waals surface area (Å²) >= 11 is 0. The van der Waals surface area contributed by atoms with Crippen LogP contribution < -0.4 is 0 Å². The Morgan fingerprint density at radius 3 is 2.72 bits per heavy atom. The van der Waals surface area contributed by atoms with E-state index in [2.05, 4.69) is 4.90 Å². The number of hydrogen-bond acceptors (Lipinski definition) is 2. The molecule has 0 bridgehead atoms. The van der Waals surface area contributed by atoms with Crippen molar-refractivity contribution in [1.29, 1.82) is 0 Å². The van der Waals surface area contributed by atoms with E-state index in [1.807, 2.05) is 6.07 Å². The van der Waals surface area contributed by atoms with Gasteiger partial charge in [0.15, 0.2) is 0 Å². The first-order valence-electron chi connectivity index (χ1n) is 6.89. The van der Waals surface area contributed by atoms with E-state index in [1.165, 1.54) is 18.9 Å². The van der Waals surface area contributed by atoms with Crippen LogP contribution in [0, 0.1) is 5.82 Å². The maximum Gasteiger partial charge on any atom is 0.123 e. The van der Waals surface area contributed by atoms with Crippen LogP contribution in [0.4, 0.5) is 4.39 Å². The molecule has 100 valence electrons. The van der Waals surface area contributed by atoms with Crippen molar-refractivity contribution in [1.82, 2.24) is 4.90 Å². The minimum absolute atomic E-state index is 0.147. The lowest BCUT2D eigenvalue weighted by atomic mass is 10.1. The molecule has 1 saturated carbocycles. The Balaban J connectivity index is 1.78. The van der Waals surface area contributed by atoms with Crippen molar-refractivity contribution in [2.45, 2.75) is 38.1 Å². The molecule has 3 heteroatoms. The summed E-state index contributed by atoms with van der Waals surface area (Å²) in [4.78, 5) is 2.49. The Morgan fingerprint density at radius 2 is 2.06 bits per heavy atom. The van der Waals surface area contributed by atoms with Gasteiger partial charge in [0.1, 0.15) is 5.82 Å². The zero-order valence-corrected chi connectivity index (χ0v) is 10.8. The molecule has 1 aliphatic rings. The van der Waals surface area contributed by atoms with Crippen LogP contribution in [0.3, 0.4) is 0 Å². The van der Waals surface area contributed by atoms with E-state index in [9.17, 15) is 4.39 Å². The third kappa shape index (κ3) is 4.39. The number of halogens is 1. The van der Waals surface area contributed by atoms with Gasteiger partial charge in [-0.05, 0) is 56.3 Å². The monoisotopic (exact) mass is 251 g/mol. The lowest BCUT2D eigenvalue weighted by Crippen LogP contribution is -2.29. The number of benzene rings is 1. The largest absolute Gasteiger partial charge is 0.396 e. The molecule has 1 N–H and O–H groups in total. The molecule has 0 saturated heterocycles. The summed E-state index contributed by atoms with van der Waals surface area (Å²) in [7, 11) is 0. The standard InChI is InChI=1S/C15H22FNO/c16-14-5-3-4-13(12-14)8-10-17(15-6-7-15)9-1-2-11-18/h3-5,12,15,18H,1-2,6-11H2. The molecule has 0 radical (unpaired) electrons. The molecule has 1 aliphatic carbocycles. The van der Waals surface area contributed by atoms with Gasteiger partial charge in [-0.15, -0.1) is 0 Å². The first kappa shape index (κ1) is 13.5. The fourth-order valence-corrected chi connectivity index (χ4v) is 2.31. The topological polar surface area (TPSA) is 23.5 Å². The first-order valence-corrected chi connectivity index (χ1v) is 6.89. The fourth-order valence-electron chi connectivity index (χ4n) is 2.31. The van der Waals surface area contributed by atoms with Crippen molar-refractivity contribution in [3.05, 3.63) is 35.6 Å². The maximum absolute atomic E-state index is 13.1. The molecular weight excluding hydrogens is 229 g/mol. The molecule has 1 aromatic carbocycles. The van der Waals surface area contributed by atoms with Crippen molar-refractivity contribution >= 4 is 0 Å². The Hall–Kier alpha value is -0.930. The minimum Gasteiger partial charge on any atom is -0.396 e. The Kier molecular flexibility index (Phi) is 5.14. The highest BCUT2D eigenvalue weighted by atomic mass is 19.1. The quantitative estimate of drug-likeness (QED) is 0.718. The van der Waals surface area contributed by atoms with Crippen molar-refractivity contribution < 1.29 is 9.50 Å². The molecule has 1 aromatic rings. The van der Waals surface area contributed by atoms with Gasteiger partial charge < -0.3 is 10.0 Å². The summed E-state index contributed by atoms with van der Waals surface area (Å²) in [6.45, 7) is 2.34. The normalized spacial score (nSPS) is 15.3. The molecule has 2 nitrogen and oxygen atoms in total. The van der Waals surface area contributed by atoms with Crippen LogP contribution in [-0.2, 0) is 6.42 Å². The van der Waals surface area contributed by atoms with Crippen LogP contribution in [0.15, 0.2) is 24.3 Å². The zero-order chi connectivity index (χ0) is 12.8. The van der Waals surface area contributed by atoms with Gasteiger partial charge in [-0.25, -0.2) is 4.39 Å². The second-order valence-electron chi connectivity index (χ2n) is 5.08. The van der Waals surface area contributed by atoms with Crippen LogP contribution in [-0.4, -0.2) is 35.7 Å². The third-order valence-corrected chi connectivity index (χ3v) is 3.49. The molecule has 0 heterocycles. The number of rotatable bonds is 8. The summed E-state index contributed by atoms with van der Waals surface area (Å²) in [6, 6.07) is 7.61. The van der Waals surface area contributed by atoms with Crippen molar-refractivity contribution in [2.24, 2.45) is 0 Å². The number of aliphatic hydroxyl groups excluding tert-OH is 1. The molecule has 0 spiro atoms. The van der Waals surface area contributed by atoms with Gasteiger partial charge >= 0.3 is 0 Å². The molecule has 0 amide bonds. The average molecular weight is 251 g/mol. The van der Waals surface area contributed by atoms with E-state index in [1.54, 1.807) is 12.1 Å². The van der Waals surface area contributed by atoms with E-state index in [-0.39, 0.29) is 12.4 Å². The van der Waals surface area contributed by atoms with Crippen molar-refractivity contribution in [3.8, 4) is 0 Å². The second kappa shape index (κ2) is 6.86. The van der Waals surface area contributed by atoms with Gasteiger partial charge in [0.2, 0.25) is 0 Å². The molecule has 18 heavy (non-hydrogen) atoms. The number of unbranched alkanes of at least 4 members (excludes halogenated alkanes) is 1. The van der Waals surface area contributed by atoms with Crippen LogP contribution in [0.25, 0.3) is 0 Å². The van der Waals surface area contributed by atoms with Crippen LogP contribution in [0.2, 0.25) is 0 Å². The summed E-state index contributed by atoms with van der Waals surface area (Å²) in [5.74, 6) is -0.147. The zero-order valence-electron chi connectivity index (χ0n) is 10.8. The fraction of sp³-hybridized carbons (Fsp3) is 0.600. The molecule has 0 aliphatic heterocycles. The predicted molar refractivity (Wildman–Crippen MR) is 71.0 cm³/mol. The number of aliphatic hydroxyl groups is 1. The molecule has 2 rings (SSSR count). The van der Waals surface area contributed by atoms with Gasteiger partial charge in [0, 0.05) is 19.2 Å². The van der Waals surface area contributed by atoms with Gasteiger partial charge in [-0.3, -0.25) is 0 Å². The Labute approximate surface area is 108 Å². The Bertz CT molecular complexity index is 365. The SMILES string of the molecule is OCCCCN(CCc1cccc(F)c1)C1CC1. The van der Waals surface area contributed by atoms with E-state index in [0.717, 1.165) is 44.0 Å². The lowest BCUT2D eigenvalue weighted by molar-refractivity contribution is 0.236. The van der Waals surface area contributed by atoms with Gasteiger partial charge in [-0.1, -0.05) is 12.1 Å². The van der Waals surface area contributed by atoms with E-state index < -0.39 is 0 Å². The number of hydrogen-bond donors (Lipinski definition) is 1. The molecule has 0 aromatic heterocycles. The molecule has 0 unspecified atom stereocenters. The first-order chi connectivity index (χ1) is 8.79. The minimum atomic E-state index is -0.147.